The highest BCUT2D eigenvalue weighted by Gasteiger charge is 2.37. The number of aliphatic imine (C=N–C) groups is 1. The number of benzene rings is 1. The van der Waals surface area contributed by atoms with Gasteiger partial charge in [0, 0.05) is 21.3 Å². The van der Waals surface area contributed by atoms with Gasteiger partial charge in [0.15, 0.2) is 5.78 Å². The lowest BCUT2D eigenvalue weighted by Gasteiger charge is -2.42. The van der Waals surface area contributed by atoms with Crippen molar-refractivity contribution in [1.29, 1.82) is 0 Å². The van der Waals surface area contributed by atoms with Gasteiger partial charge in [-0.2, -0.15) is 0 Å². The number of ketones is 1. The molecule has 0 saturated heterocycles. The Hall–Kier alpha value is -1.07. The monoisotopic (exact) mass is 432 g/mol. The fraction of sp³-hybridized carbons (Fsp3) is 0.524. The second-order valence-corrected chi connectivity index (χ2v) is 9.40. The Labute approximate surface area is 168 Å². The normalized spacial score (nSPS) is 21.8. The smallest absolute Gasteiger partial charge is 0.173 e. The van der Waals surface area contributed by atoms with E-state index in [1.165, 1.54) is 43.4 Å². The molecule has 0 atom stereocenters. The lowest BCUT2D eigenvalue weighted by molar-refractivity contribution is 0.102. The number of halogens is 1. The van der Waals surface area contributed by atoms with E-state index in [9.17, 15) is 4.79 Å². The van der Waals surface area contributed by atoms with Crippen LogP contribution in [0, 0.1) is 0 Å². The number of nitrogens with one attached hydrogen (secondary N) is 1. The van der Waals surface area contributed by atoms with Gasteiger partial charge in [0.2, 0.25) is 0 Å². The first-order valence-corrected chi connectivity index (χ1v) is 11.5. The number of carbonyl (C=O) groups is 1. The minimum Gasteiger partial charge on any atom is -0.364 e. The van der Waals surface area contributed by atoms with E-state index in [0.717, 1.165) is 40.8 Å². The zero-order valence-corrected chi connectivity index (χ0v) is 17.4. The Bertz CT molecular complexity index is 748. The number of rotatable bonds is 3. The molecule has 4 rings (SSSR count). The van der Waals surface area contributed by atoms with Gasteiger partial charge in [0.25, 0.3) is 0 Å². The molecule has 1 N–H and O–H groups in total. The fourth-order valence-electron chi connectivity index (χ4n) is 4.20. The number of Topliss-reactive ketones (excluding diaryl/α,β-unsaturated/α-hetero) is 1. The van der Waals surface area contributed by atoms with Crippen molar-refractivity contribution in [3.8, 4) is 0 Å². The minimum absolute atomic E-state index is 0.0998. The van der Waals surface area contributed by atoms with Gasteiger partial charge in [0.05, 0.1) is 10.8 Å². The first kappa shape index (κ1) is 18.3. The van der Waals surface area contributed by atoms with Gasteiger partial charge in [-0.25, -0.2) is 0 Å². The predicted molar refractivity (Wildman–Crippen MR) is 113 cm³/mol. The van der Waals surface area contributed by atoms with Crippen molar-refractivity contribution in [2.45, 2.75) is 63.5 Å². The molecule has 5 heteroatoms. The molecule has 1 aromatic rings. The van der Waals surface area contributed by atoms with Gasteiger partial charge in [-0.1, -0.05) is 46.2 Å². The molecule has 138 valence electrons. The van der Waals surface area contributed by atoms with E-state index in [2.05, 4.69) is 21.2 Å². The van der Waals surface area contributed by atoms with E-state index in [4.69, 9.17) is 4.99 Å². The number of carbonyl (C=O) groups excluding carboxylic acids is 1. The summed E-state index contributed by atoms with van der Waals surface area (Å²) in [4.78, 5) is 17.8. The summed E-state index contributed by atoms with van der Waals surface area (Å²) in [6.07, 6.45) is 10.8. The van der Waals surface area contributed by atoms with Crippen molar-refractivity contribution in [1.82, 2.24) is 5.32 Å². The Balaban J connectivity index is 1.52. The molecule has 1 fully saturated rings. The minimum atomic E-state index is -0.0998. The van der Waals surface area contributed by atoms with E-state index in [0.29, 0.717) is 5.75 Å². The van der Waals surface area contributed by atoms with Crippen molar-refractivity contribution in [3.05, 3.63) is 45.6 Å². The van der Waals surface area contributed by atoms with Crippen LogP contribution in [0.3, 0.4) is 0 Å². The van der Waals surface area contributed by atoms with Crippen LogP contribution in [-0.2, 0) is 0 Å². The van der Waals surface area contributed by atoms with Crippen LogP contribution < -0.4 is 5.32 Å². The van der Waals surface area contributed by atoms with Crippen molar-refractivity contribution < 1.29 is 4.79 Å². The van der Waals surface area contributed by atoms with E-state index in [1.807, 2.05) is 24.3 Å². The third-order valence-corrected chi connectivity index (χ3v) is 7.16. The Morgan fingerprint density at radius 3 is 2.58 bits per heavy atom. The zero-order chi connectivity index (χ0) is 18.0. The molecule has 1 aromatic carbocycles. The second kappa shape index (κ2) is 7.89. The molecule has 3 aliphatic rings. The maximum absolute atomic E-state index is 12.6. The van der Waals surface area contributed by atoms with E-state index in [-0.39, 0.29) is 11.4 Å². The standard InChI is InChI=1S/C21H25BrN2OS/c22-16-10-8-15(9-11-16)19(25)14-26-20-17-6-2-3-7-18(17)23-21(24-20)12-4-1-5-13-21/h8-11,23H,1-7,12-14H2. The van der Waals surface area contributed by atoms with Crippen LogP contribution in [0.15, 0.2) is 45.0 Å². The molecule has 26 heavy (non-hydrogen) atoms. The van der Waals surface area contributed by atoms with Crippen LogP contribution >= 0.6 is 27.7 Å². The molecular weight excluding hydrogens is 408 g/mol. The molecule has 1 heterocycles. The van der Waals surface area contributed by atoms with Gasteiger partial charge >= 0.3 is 0 Å². The number of hydrogen-bond acceptors (Lipinski definition) is 4. The summed E-state index contributed by atoms with van der Waals surface area (Å²) in [7, 11) is 0. The molecular formula is C21H25BrN2OS. The molecule has 0 aromatic heterocycles. The summed E-state index contributed by atoms with van der Waals surface area (Å²) in [5.74, 6) is 0.646. The maximum atomic E-state index is 12.6. The SMILES string of the molecule is O=C(CSC1=NC2(CCCCC2)NC2=C1CCCC2)c1ccc(Br)cc1. The van der Waals surface area contributed by atoms with E-state index in [1.54, 1.807) is 11.8 Å². The lowest BCUT2D eigenvalue weighted by Crippen LogP contribution is -2.48. The lowest BCUT2D eigenvalue weighted by atomic mass is 9.85. The third kappa shape index (κ3) is 3.94. The maximum Gasteiger partial charge on any atom is 0.173 e. The van der Waals surface area contributed by atoms with Crippen LogP contribution in [0.4, 0.5) is 0 Å². The predicted octanol–water partition coefficient (Wildman–Crippen LogP) is 5.86. The van der Waals surface area contributed by atoms with Gasteiger partial charge in [-0.15, -0.1) is 0 Å². The molecule has 0 amide bonds. The molecule has 1 saturated carbocycles. The van der Waals surface area contributed by atoms with Crippen molar-refractivity contribution in [3.63, 3.8) is 0 Å². The fourth-order valence-corrected chi connectivity index (χ4v) is 5.53. The molecule has 0 radical (unpaired) electrons. The summed E-state index contributed by atoms with van der Waals surface area (Å²) in [6, 6.07) is 7.65. The van der Waals surface area contributed by atoms with Crippen LogP contribution in [0.2, 0.25) is 0 Å². The Morgan fingerprint density at radius 1 is 1.08 bits per heavy atom. The van der Waals surface area contributed by atoms with Crippen LogP contribution in [0.1, 0.15) is 68.1 Å². The van der Waals surface area contributed by atoms with Gasteiger partial charge in [-0.05, 0) is 63.5 Å². The van der Waals surface area contributed by atoms with Gasteiger partial charge in [0.1, 0.15) is 5.66 Å². The van der Waals surface area contributed by atoms with Crippen molar-refractivity contribution in [2.24, 2.45) is 4.99 Å². The highest BCUT2D eigenvalue weighted by molar-refractivity contribution is 9.10. The molecule has 1 spiro atoms. The van der Waals surface area contributed by atoms with Gasteiger partial charge < -0.3 is 5.32 Å². The number of allylic oxidation sites excluding steroid dienone is 1. The second-order valence-electron chi connectivity index (χ2n) is 7.52. The largest absolute Gasteiger partial charge is 0.364 e. The average Bonchev–Trinajstić information content (AvgIpc) is 2.67. The number of hydrogen-bond donors (Lipinski definition) is 1. The van der Waals surface area contributed by atoms with Crippen LogP contribution in [0.5, 0.6) is 0 Å². The topological polar surface area (TPSA) is 41.5 Å². The number of nitrogens with zero attached hydrogens (tertiary/aromatic N) is 1. The summed E-state index contributed by atoms with van der Waals surface area (Å²) in [5, 5.41) is 4.95. The summed E-state index contributed by atoms with van der Waals surface area (Å²) < 4.78 is 1.00. The molecule has 2 aliphatic carbocycles. The van der Waals surface area contributed by atoms with E-state index >= 15 is 0 Å². The first-order valence-electron chi connectivity index (χ1n) is 9.67. The third-order valence-electron chi connectivity index (χ3n) is 5.61. The zero-order valence-electron chi connectivity index (χ0n) is 15.0. The van der Waals surface area contributed by atoms with Crippen LogP contribution in [-0.4, -0.2) is 22.2 Å². The summed E-state index contributed by atoms with van der Waals surface area (Å²) in [5.41, 5.74) is 3.46. The van der Waals surface area contributed by atoms with Crippen molar-refractivity contribution in [2.75, 3.05) is 5.75 Å². The van der Waals surface area contributed by atoms with Gasteiger partial charge in [-0.3, -0.25) is 9.79 Å². The Kier molecular flexibility index (Phi) is 5.55. The average molecular weight is 433 g/mol. The molecule has 0 bridgehead atoms. The quantitative estimate of drug-likeness (QED) is 0.608. The first-order chi connectivity index (χ1) is 12.7. The highest BCUT2D eigenvalue weighted by Crippen LogP contribution is 2.39. The molecule has 0 unspecified atom stereocenters. The summed E-state index contributed by atoms with van der Waals surface area (Å²) in [6.45, 7) is 0. The van der Waals surface area contributed by atoms with Crippen LogP contribution in [0.25, 0.3) is 0 Å². The Morgan fingerprint density at radius 2 is 1.81 bits per heavy atom. The number of thioether (sulfide) groups is 1. The molecule has 1 aliphatic heterocycles. The van der Waals surface area contributed by atoms with E-state index < -0.39 is 0 Å². The molecule has 3 nitrogen and oxygen atoms in total. The van der Waals surface area contributed by atoms with Crippen molar-refractivity contribution >= 4 is 38.5 Å². The summed E-state index contributed by atoms with van der Waals surface area (Å²) >= 11 is 5.07. The highest BCUT2D eigenvalue weighted by atomic mass is 79.9.